The van der Waals surface area contributed by atoms with Crippen LogP contribution in [0.4, 0.5) is 0 Å². The number of benzene rings is 1. The van der Waals surface area contributed by atoms with Gasteiger partial charge < -0.3 is 13.9 Å². The Kier molecular flexibility index (Phi) is 4.02. The van der Waals surface area contributed by atoms with E-state index in [-0.39, 0.29) is 5.04 Å². The summed E-state index contributed by atoms with van der Waals surface area (Å²) in [6, 6.07) is 10.5. The second kappa shape index (κ2) is 5.91. The van der Waals surface area contributed by atoms with E-state index >= 15 is 0 Å². The van der Waals surface area contributed by atoms with Gasteiger partial charge in [0, 0.05) is 11.3 Å². The number of hydrogen-bond donors (Lipinski definition) is 0. The lowest BCUT2D eigenvalue weighted by atomic mass is 9.38. The largest absolute Gasteiger partial charge is 0.413 e. The number of rotatable bonds is 6. The predicted molar refractivity (Wildman–Crippen MR) is 109 cm³/mol. The maximum Gasteiger partial charge on any atom is 0.192 e. The molecule has 7 atom stereocenters. The predicted octanol–water partition coefficient (Wildman–Crippen LogP) is 5.02. The van der Waals surface area contributed by atoms with Crippen LogP contribution in [-0.4, -0.2) is 33.2 Å². The fraction of sp³-hybridized carbons (Fsp3) is 0.739. The summed E-state index contributed by atoms with van der Waals surface area (Å²) in [5, 5.41) is 0.271. The molecule has 3 saturated carbocycles. The lowest BCUT2D eigenvalue weighted by Gasteiger charge is -2.65. The molecule has 1 aromatic rings. The van der Waals surface area contributed by atoms with Gasteiger partial charge in [0.1, 0.15) is 0 Å². The smallest absolute Gasteiger partial charge is 0.192 e. The summed E-state index contributed by atoms with van der Waals surface area (Å²) < 4.78 is 19.2. The van der Waals surface area contributed by atoms with E-state index in [1.807, 2.05) is 0 Å². The fourth-order valence-corrected chi connectivity index (χ4v) is 7.60. The summed E-state index contributed by atoms with van der Waals surface area (Å²) in [6.45, 7) is 13.4. The van der Waals surface area contributed by atoms with Crippen LogP contribution in [0.5, 0.6) is 0 Å². The van der Waals surface area contributed by atoms with E-state index in [9.17, 15) is 0 Å². The Morgan fingerprint density at radius 3 is 2.59 bits per heavy atom. The highest BCUT2D eigenvalue weighted by Crippen LogP contribution is 2.81. The van der Waals surface area contributed by atoms with Gasteiger partial charge in [-0.05, 0) is 48.4 Å². The first-order valence-electron chi connectivity index (χ1n) is 10.7. The Morgan fingerprint density at radius 2 is 1.89 bits per heavy atom. The minimum Gasteiger partial charge on any atom is -0.413 e. The minimum absolute atomic E-state index is 0.271. The Balaban J connectivity index is 1.25. The second-order valence-corrected chi connectivity index (χ2v) is 15.5. The van der Waals surface area contributed by atoms with Crippen LogP contribution in [0.15, 0.2) is 30.3 Å². The molecule has 148 valence electrons. The van der Waals surface area contributed by atoms with E-state index in [1.54, 1.807) is 0 Å². The number of epoxide rings is 1. The maximum atomic E-state index is 6.96. The minimum atomic E-state index is -1.74. The zero-order valence-electron chi connectivity index (χ0n) is 17.4. The lowest BCUT2D eigenvalue weighted by molar-refractivity contribution is -0.208. The molecule has 1 spiro atoms. The Morgan fingerprint density at radius 1 is 1.15 bits per heavy atom. The molecule has 1 aliphatic heterocycles. The molecule has 5 rings (SSSR count). The van der Waals surface area contributed by atoms with Crippen LogP contribution in [-0.2, 0) is 20.5 Å². The van der Waals surface area contributed by atoms with Crippen molar-refractivity contribution >= 4 is 8.32 Å². The van der Waals surface area contributed by atoms with E-state index in [1.165, 1.54) is 18.4 Å². The molecule has 3 nitrogen and oxygen atoms in total. The van der Waals surface area contributed by atoms with Gasteiger partial charge in [0.05, 0.1) is 31.5 Å². The Hall–Kier alpha value is -0.683. The third kappa shape index (κ3) is 2.49. The summed E-state index contributed by atoms with van der Waals surface area (Å²) in [4.78, 5) is 0. The Labute approximate surface area is 164 Å². The molecule has 4 heteroatoms. The van der Waals surface area contributed by atoms with Gasteiger partial charge in [-0.1, -0.05) is 51.1 Å². The van der Waals surface area contributed by atoms with Crippen molar-refractivity contribution in [2.75, 3.05) is 6.61 Å². The first-order valence-corrected chi connectivity index (χ1v) is 13.6. The summed E-state index contributed by atoms with van der Waals surface area (Å²) in [5.74, 6) is 2.10. The molecule has 0 bridgehead atoms. The normalized spacial score (nSPS) is 41.8. The zero-order valence-corrected chi connectivity index (χ0v) is 18.4. The molecular weight excluding hydrogens is 352 g/mol. The topological polar surface area (TPSA) is 31.0 Å². The molecule has 0 radical (unpaired) electrons. The van der Waals surface area contributed by atoms with Gasteiger partial charge in [-0.2, -0.15) is 0 Å². The second-order valence-electron chi connectivity index (χ2n) is 10.8. The molecule has 27 heavy (non-hydrogen) atoms. The van der Waals surface area contributed by atoms with Crippen molar-refractivity contribution < 1.29 is 13.9 Å². The molecule has 0 N–H and O–H groups in total. The van der Waals surface area contributed by atoms with E-state index in [4.69, 9.17) is 13.9 Å². The van der Waals surface area contributed by atoms with E-state index in [0.717, 1.165) is 19.1 Å². The highest BCUT2D eigenvalue weighted by atomic mass is 28.4. The van der Waals surface area contributed by atoms with Gasteiger partial charge in [-0.15, -0.1) is 0 Å². The average Bonchev–Trinajstić information content (AvgIpc) is 3.20. The number of ether oxygens (including phenoxy) is 2. The maximum absolute atomic E-state index is 6.96. The van der Waals surface area contributed by atoms with Crippen LogP contribution in [0.3, 0.4) is 0 Å². The quantitative estimate of drug-likeness (QED) is 0.508. The van der Waals surface area contributed by atoms with Crippen molar-refractivity contribution in [3.63, 3.8) is 0 Å². The van der Waals surface area contributed by atoms with Crippen LogP contribution in [0.2, 0.25) is 18.1 Å². The monoisotopic (exact) mass is 386 g/mol. The average molecular weight is 387 g/mol. The molecule has 3 aliphatic carbocycles. The first kappa shape index (κ1) is 18.4. The van der Waals surface area contributed by atoms with Gasteiger partial charge in [-0.25, -0.2) is 0 Å². The molecule has 1 saturated heterocycles. The highest BCUT2D eigenvalue weighted by molar-refractivity contribution is 6.74. The van der Waals surface area contributed by atoms with E-state index in [0.29, 0.717) is 35.6 Å². The Bertz CT molecular complexity index is 704. The van der Waals surface area contributed by atoms with Crippen molar-refractivity contribution in [3.8, 4) is 0 Å². The van der Waals surface area contributed by atoms with Gasteiger partial charge in [0.15, 0.2) is 8.32 Å². The van der Waals surface area contributed by atoms with Crippen LogP contribution in [0.1, 0.15) is 39.2 Å². The summed E-state index contributed by atoms with van der Waals surface area (Å²) in [7, 11) is -1.74. The molecule has 4 aliphatic rings. The van der Waals surface area contributed by atoms with E-state index < -0.39 is 8.32 Å². The van der Waals surface area contributed by atoms with Crippen molar-refractivity contribution in [1.82, 2.24) is 0 Å². The first-order chi connectivity index (χ1) is 12.8. The summed E-state index contributed by atoms with van der Waals surface area (Å²) in [6.07, 6.45) is 3.94. The zero-order chi connectivity index (χ0) is 19.0. The lowest BCUT2D eigenvalue weighted by Crippen LogP contribution is -2.72. The van der Waals surface area contributed by atoms with Gasteiger partial charge in [0.25, 0.3) is 0 Å². The third-order valence-electron chi connectivity index (χ3n) is 8.53. The molecule has 0 aromatic heterocycles. The number of fused-ring (bicyclic) bond motifs is 2. The highest BCUT2D eigenvalue weighted by Gasteiger charge is 2.88. The van der Waals surface area contributed by atoms with Crippen LogP contribution in [0.25, 0.3) is 0 Å². The molecule has 0 amide bonds. The SMILES string of the molecule is CC(C)(C)[Si](C)(C)O[C@@H]1CC[C@H]2[C@H](COCc3ccccc3)[C@@H]3[C@H]4O[C@H]4C312. The third-order valence-corrected chi connectivity index (χ3v) is 13.0. The van der Waals surface area contributed by atoms with Crippen molar-refractivity contribution in [1.29, 1.82) is 0 Å². The van der Waals surface area contributed by atoms with Crippen LogP contribution in [0, 0.1) is 23.2 Å². The molecule has 1 aromatic carbocycles. The van der Waals surface area contributed by atoms with Crippen LogP contribution >= 0.6 is 0 Å². The van der Waals surface area contributed by atoms with Crippen molar-refractivity contribution in [2.24, 2.45) is 23.2 Å². The molecule has 1 unspecified atom stereocenters. The van der Waals surface area contributed by atoms with Crippen molar-refractivity contribution in [3.05, 3.63) is 35.9 Å². The van der Waals surface area contributed by atoms with Gasteiger partial charge in [0.2, 0.25) is 0 Å². The fourth-order valence-electron chi connectivity index (χ4n) is 6.21. The van der Waals surface area contributed by atoms with Crippen LogP contribution < -0.4 is 0 Å². The molecule has 1 heterocycles. The van der Waals surface area contributed by atoms with Crippen molar-refractivity contribution in [2.45, 2.75) is 76.7 Å². The number of hydrogen-bond acceptors (Lipinski definition) is 3. The summed E-state index contributed by atoms with van der Waals surface area (Å²) in [5.41, 5.74) is 1.60. The molecule has 4 fully saturated rings. The van der Waals surface area contributed by atoms with E-state index in [2.05, 4.69) is 64.2 Å². The van der Waals surface area contributed by atoms with Gasteiger partial charge in [-0.3, -0.25) is 0 Å². The summed E-state index contributed by atoms with van der Waals surface area (Å²) >= 11 is 0. The molecular formula is C23H34O3Si. The standard InChI is InChI=1S/C23H34O3Si/c1-22(2,3)27(4,5)26-18-12-11-17-16(19-20-21(25-20)23(17,18)19)14-24-13-15-9-7-6-8-10-15/h6-10,16-21H,11-14H2,1-5H3/t16-,17-,18+,19+,20+,21+,23?/m0/s1. The van der Waals surface area contributed by atoms with Gasteiger partial charge >= 0.3 is 0 Å².